The van der Waals surface area contributed by atoms with Crippen LogP contribution in [0.1, 0.15) is 23.7 Å². The van der Waals surface area contributed by atoms with Crippen molar-refractivity contribution < 1.29 is 9.90 Å². The third-order valence-corrected chi connectivity index (χ3v) is 3.65. The zero-order valence-corrected chi connectivity index (χ0v) is 11.9. The molecule has 0 aromatic heterocycles. The minimum Gasteiger partial charge on any atom is -0.396 e. The molecule has 1 rings (SSSR count). The highest BCUT2D eigenvalue weighted by Gasteiger charge is 2.09. The van der Waals surface area contributed by atoms with Crippen LogP contribution in [0.15, 0.2) is 22.7 Å². The third kappa shape index (κ3) is 4.66. The minimum atomic E-state index is -0.149. The van der Waals surface area contributed by atoms with Crippen LogP contribution in [-0.2, 0) is 0 Å². The van der Waals surface area contributed by atoms with E-state index in [1.165, 1.54) is 0 Å². The standard InChI is InChI=1S/C12H15BrClNO2/c1-8(4-5-16)7-15-12(17)9-2-3-10(13)11(14)6-9/h2-3,6,8,16H,4-5,7H2,1H3,(H,15,17). The topological polar surface area (TPSA) is 49.3 Å². The van der Waals surface area contributed by atoms with E-state index in [9.17, 15) is 4.79 Å². The van der Waals surface area contributed by atoms with E-state index in [4.69, 9.17) is 16.7 Å². The fraction of sp³-hybridized carbons (Fsp3) is 0.417. The monoisotopic (exact) mass is 319 g/mol. The Balaban J connectivity index is 2.55. The predicted octanol–water partition coefficient (Wildman–Crippen LogP) is 2.85. The van der Waals surface area contributed by atoms with Crippen molar-refractivity contribution in [3.8, 4) is 0 Å². The van der Waals surface area contributed by atoms with E-state index in [1.54, 1.807) is 18.2 Å². The molecule has 0 spiro atoms. The maximum Gasteiger partial charge on any atom is 0.251 e. The number of nitrogens with one attached hydrogen (secondary N) is 1. The van der Waals surface area contributed by atoms with Crippen molar-refractivity contribution in [2.24, 2.45) is 5.92 Å². The minimum absolute atomic E-state index is 0.140. The van der Waals surface area contributed by atoms with E-state index in [1.807, 2.05) is 6.92 Å². The van der Waals surface area contributed by atoms with Gasteiger partial charge in [0.05, 0.1) is 5.02 Å². The van der Waals surface area contributed by atoms with Crippen LogP contribution in [0.5, 0.6) is 0 Å². The smallest absolute Gasteiger partial charge is 0.251 e. The molecule has 0 aliphatic carbocycles. The lowest BCUT2D eigenvalue weighted by Crippen LogP contribution is -2.28. The number of hydrogen-bond donors (Lipinski definition) is 2. The van der Waals surface area contributed by atoms with Crippen molar-refractivity contribution in [1.82, 2.24) is 5.32 Å². The molecule has 0 aliphatic heterocycles. The van der Waals surface area contributed by atoms with Crippen LogP contribution in [-0.4, -0.2) is 24.2 Å². The van der Waals surface area contributed by atoms with Gasteiger partial charge in [0.1, 0.15) is 0 Å². The van der Waals surface area contributed by atoms with E-state index in [0.717, 1.165) is 4.47 Å². The Morgan fingerprint density at radius 3 is 2.88 bits per heavy atom. The van der Waals surface area contributed by atoms with Crippen molar-refractivity contribution in [3.63, 3.8) is 0 Å². The first-order valence-electron chi connectivity index (χ1n) is 5.38. The summed E-state index contributed by atoms with van der Waals surface area (Å²) < 4.78 is 0.768. The van der Waals surface area contributed by atoms with Crippen LogP contribution in [0.2, 0.25) is 5.02 Å². The van der Waals surface area contributed by atoms with E-state index < -0.39 is 0 Å². The molecule has 0 fully saturated rings. The molecule has 1 aromatic rings. The number of aliphatic hydroxyl groups is 1. The zero-order valence-electron chi connectivity index (χ0n) is 9.54. The van der Waals surface area contributed by atoms with Crippen LogP contribution < -0.4 is 5.32 Å². The molecule has 0 aliphatic rings. The summed E-state index contributed by atoms with van der Waals surface area (Å²) in [6.07, 6.45) is 0.682. The van der Waals surface area contributed by atoms with Gasteiger partial charge in [-0.3, -0.25) is 4.79 Å². The SMILES string of the molecule is CC(CCO)CNC(=O)c1ccc(Br)c(Cl)c1. The molecule has 94 valence electrons. The van der Waals surface area contributed by atoms with Crippen molar-refractivity contribution in [1.29, 1.82) is 0 Å². The molecule has 1 atom stereocenters. The molecule has 1 unspecified atom stereocenters. The van der Waals surface area contributed by atoms with Gasteiger partial charge in [-0.05, 0) is 46.5 Å². The first kappa shape index (κ1) is 14.5. The van der Waals surface area contributed by atoms with Gasteiger partial charge >= 0.3 is 0 Å². The van der Waals surface area contributed by atoms with E-state index >= 15 is 0 Å². The van der Waals surface area contributed by atoms with Crippen molar-refractivity contribution in [2.45, 2.75) is 13.3 Å². The predicted molar refractivity (Wildman–Crippen MR) is 72.4 cm³/mol. The summed E-state index contributed by atoms with van der Waals surface area (Å²) in [5, 5.41) is 12.1. The Morgan fingerprint density at radius 1 is 1.59 bits per heavy atom. The van der Waals surface area contributed by atoms with Gasteiger partial charge in [-0.15, -0.1) is 0 Å². The van der Waals surface area contributed by atoms with Gasteiger partial charge in [-0.2, -0.15) is 0 Å². The summed E-state index contributed by atoms with van der Waals surface area (Å²) in [4.78, 5) is 11.8. The van der Waals surface area contributed by atoms with Gasteiger partial charge in [-0.25, -0.2) is 0 Å². The van der Waals surface area contributed by atoms with E-state index in [0.29, 0.717) is 23.6 Å². The zero-order chi connectivity index (χ0) is 12.8. The lowest BCUT2D eigenvalue weighted by molar-refractivity contribution is 0.0945. The fourth-order valence-corrected chi connectivity index (χ4v) is 1.76. The average molecular weight is 321 g/mol. The average Bonchev–Trinajstić information content (AvgIpc) is 2.30. The molecular weight excluding hydrogens is 305 g/mol. The van der Waals surface area contributed by atoms with Gasteiger partial charge < -0.3 is 10.4 Å². The van der Waals surface area contributed by atoms with Crippen molar-refractivity contribution >= 4 is 33.4 Å². The van der Waals surface area contributed by atoms with Crippen LogP contribution in [0.25, 0.3) is 0 Å². The summed E-state index contributed by atoms with van der Waals surface area (Å²) in [6, 6.07) is 5.08. The highest BCUT2D eigenvalue weighted by atomic mass is 79.9. The molecular formula is C12H15BrClNO2. The second kappa shape index (κ2) is 6.99. The van der Waals surface area contributed by atoms with Gasteiger partial charge in [-0.1, -0.05) is 18.5 Å². The molecule has 0 saturated heterocycles. The summed E-state index contributed by atoms with van der Waals surface area (Å²) in [6.45, 7) is 2.67. The van der Waals surface area contributed by atoms with Crippen molar-refractivity contribution in [3.05, 3.63) is 33.3 Å². The normalized spacial score (nSPS) is 12.2. The molecule has 2 N–H and O–H groups in total. The molecule has 17 heavy (non-hydrogen) atoms. The van der Waals surface area contributed by atoms with Gasteiger partial charge in [0.15, 0.2) is 0 Å². The summed E-state index contributed by atoms with van der Waals surface area (Å²) in [5.74, 6) is 0.110. The highest BCUT2D eigenvalue weighted by Crippen LogP contribution is 2.23. The Bertz CT molecular complexity index is 398. The summed E-state index contributed by atoms with van der Waals surface area (Å²) in [5.41, 5.74) is 0.536. The lowest BCUT2D eigenvalue weighted by Gasteiger charge is -2.11. The highest BCUT2D eigenvalue weighted by molar-refractivity contribution is 9.10. The molecule has 0 radical (unpaired) electrons. The second-order valence-electron chi connectivity index (χ2n) is 3.96. The van der Waals surface area contributed by atoms with Gasteiger partial charge in [0.25, 0.3) is 5.91 Å². The van der Waals surface area contributed by atoms with Crippen molar-refractivity contribution in [2.75, 3.05) is 13.2 Å². The van der Waals surface area contributed by atoms with E-state index in [2.05, 4.69) is 21.2 Å². The number of hydrogen-bond acceptors (Lipinski definition) is 2. The van der Waals surface area contributed by atoms with Crippen LogP contribution in [0.3, 0.4) is 0 Å². The molecule has 0 bridgehead atoms. The molecule has 1 amide bonds. The summed E-state index contributed by atoms with van der Waals surface area (Å²) in [7, 11) is 0. The Morgan fingerprint density at radius 2 is 2.29 bits per heavy atom. The number of aliphatic hydroxyl groups excluding tert-OH is 1. The first-order chi connectivity index (χ1) is 8.04. The Kier molecular flexibility index (Phi) is 5.95. The number of rotatable bonds is 5. The number of benzene rings is 1. The van der Waals surface area contributed by atoms with Crippen LogP contribution >= 0.6 is 27.5 Å². The Labute approximate surface area is 114 Å². The first-order valence-corrected chi connectivity index (χ1v) is 6.55. The van der Waals surface area contributed by atoms with Gasteiger partial charge in [0.2, 0.25) is 0 Å². The number of amides is 1. The molecule has 0 heterocycles. The Hall–Kier alpha value is -0.580. The third-order valence-electron chi connectivity index (χ3n) is 2.41. The molecule has 3 nitrogen and oxygen atoms in total. The lowest BCUT2D eigenvalue weighted by atomic mass is 10.1. The summed E-state index contributed by atoms with van der Waals surface area (Å²) >= 11 is 9.18. The van der Waals surface area contributed by atoms with Gasteiger partial charge in [0, 0.05) is 23.2 Å². The van der Waals surface area contributed by atoms with Crippen LogP contribution in [0, 0.1) is 5.92 Å². The maximum atomic E-state index is 11.8. The molecule has 1 aromatic carbocycles. The maximum absolute atomic E-state index is 11.8. The van der Waals surface area contributed by atoms with E-state index in [-0.39, 0.29) is 18.4 Å². The largest absolute Gasteiger partial charge is 0.396 e. The fourth-order valence-electron chi connectivity index (χ4n) is 1.33. The second-order valence-corrected chi connectivity index (χ2v) is 5.22. The number of halogens is 2. The van der Waals surface area contributed by atoms with Crippen LogP contribution in [0.4, 0.5) is 0 Å². The quantitative estimate of drug-likeness (QED) is 0.876. The molecule has 5 heteroatoms. The number of carbonyl (C=O) groups excluding carboxylic acids is 1. The molecule has 0 saturated carbocycles. The number of carbonyl (C=O) groups is 1.